The lowest BCUT2D eigenvalue weighted by molar-refractivity contribution is -0.139. The molecule has 1 atom stereocenters. The first kappa shape index (κ1) is 27.1. The van der Waals surface area contributed by atoms with E-state index in [4.69, 9.17) is 4.74 Å². The smallest absolute Gasteiger partial charge is 0.338 e. The molecule has 1 N–H and O–H groups in total. The third-order valence-corrected chi connectivity index (χ3v) is 7.85. The lowest BCUT2D eigenvalue weighted by Gasteiger charge is -2.43. The SMILES string of the molecule is CCOC(=O)C1=C(C)N(Cn2c(C)nc3ccccc32)C(=O)N(Cn2c(C)nc3ccccc32)C1c1ccccc1O. The molecule has 0 saturated carbocycles. The molecule has 0 aliphatic carbocycles. The summed E-state index contributed by atoms with van der Waals surface area (Å²) >= 11 is 0. The van der Waals surface area contributed by atoms with Crippen molar-refractivity contribution < 1.29 is 19.4 Å². The van der Waals surface area contributed by atoms with Crippen LogP contribution in [0.3, 0.4) is 0 Å². The number of carbonyl (C=O) groups excluding carboxylic acids is 2. The van der Waals surface area contributed by atoms with Gasteiger partial charge in [-0.25, -0.2) is 19.6 Å². The Hall–Kier alpha value is -5.12. The molecule has 0 bridgehead atoms. The summed E-state index contributed by atoms with van der Waals surface area (Å²) in [5.41, 5.74) is 4.50. The Bertz CT molecular complexity index is 1870. The van der Waals surface area contributed by atoms with E-state index in [-0.39, 0.29) is 37.3 Å². The zero-order chi connectivity index (χ0) is 29.5. The fraction of sp³-hybridized carbons (Fsp3) is 0.250. The summed E-state index contributed by atoms with van der Waals surface area (Å²) in [7, 11) is 0. The van der Waals surface area contributed by atoms with Crippen LogP contribution in [-0.2, 0) is 22.9 Å². The van der Waals surface area contributed by atoms with Crippen molar-refractivity contribution in [3.63, 3.8) is 0 Å². The van der Waals surface area contributed by atoms with E-state index in [1.165, 1.54) is 0 Å². The highest BCUT2D eigenvalue weighted by Crippen LogP contribution is 2.42. The van der Waals surface area contributed by atoms with Gasteiger partial charge in [-0.3, -0.25) is 9.80 Å². The molecule has 2 amide bonds. The van der Waals surface area contributed by atoms with E-state index in [1.807, 2.05) is 71.5 Å². The van der Waals surface area contributed by atoms with E-state index < -0.39 is 12.0 Å². The number of carbonyl (C=O) groups is 2. The van der Waals surface area contributed by atoms with Gasteiger partial charge in [-0.05, 0) is 58.0 Å². The van der Waals surface area contributed by atoms with E-state index in [9.17, 15) is 14.7 Å². The Kier molecular flexibility index (Phi) is 6.89. The molecule has 1 unspecified atom stereocenters. The number of hydrogen-bond donors (Lipinski definition) is 1. The van der Waals surface area contributed by atoms with Gasteiger partial charge in [0, 0.05) is 11.3 Å². The number of benzene rings is 3. The molecule has 5 aromatic rings. The van der Waals surface area contributed by atoms with Gasteiger partial charge in [-0.15, -0.1) is 0 Å². The number of hydrogen-bond acceptors (Lipinski definition) is 6. The van der Waals surface area contributed by atoms with E-state index in [2.05, 4.69) is 9.97 Å². The number of nitrogens with zero attached hydrogens (tertiary/aromatic N) is 6. The summed E-state index contributed by atoms with van der Waals surface area (Å²) in [6.45, 7) is 7.65. The van der Waals surface area contributed by atoms with Crippen LogP contribution in [0.25, 0.3) is 22.1 Å². The van der Waals surface area contributed by atoms with Crippen LogP contribution in [0.2, 0.25) is 0 Å². The number of para-hydroxylation sites is 5. The molecule has 0 saturated heterocycles. The molecule has 6 rings (SSSR count). The largest absolute Gasteiger partial charge is 0.508 e. The highest BCUT2D eigenvalue weighted by molar-refractivity contribution is 5.95. The second kappa shape index (κ2) is 10.7. The molecule has 0 radical (unpaired) electrons. The number of rotatable bonds is 7. The van der Waals surface area contributed by atoms with Crippen molar-refractivity contribution in [2.24, 2.45) is 0 Å². The van der Waals surface area contributed by atoms with E-state index in [1.54, 1.807) is 47.9 Å². The topological polar surface area (TPSA) is 106 Å². The summed E-state index contributed by atoms with van der Waals surface area (Å²) in [4.78, 5) is 40.9. The number of allylic oxidation sites excluding steroid dienone is 1. The molecular formula is C32H32N6O4. The number of fused-ring (bicyclic) bond motifs is 2. The molecule has 42 heavy (non-hydrogen) atoms. The zero-order valence-corrected chi connectivity index (χ0v) is 24.0. The molecule has 3 heterocycles. The van der Waals surface area contributed by atoms with Crippen LogP contribution < -0.4 is 0 Å². The Morgan fingerprint density at radius 2 is 1.38 bits per heavy atom. The number of phenols is 1. The van der Waals surface area contributed by atoms with Crippen LogP contribution >= 0.6 is 0 Å². The van der Waals surface area contributed by atoms with Gasteiger partial charge in [0.2, 0.25) is 0 Å². The average molecular weight is 565 g/mol. The second-order valence-corrected chi connectivity index (χ2v) is 10.3. The Morgan fingerprint density at radius 1 is 0.833 bits per heavy atom. The lowest BCUT2D eigenvalue weighted by Crippen LogP contribution is -2.51. The number of phenolic OH excluding ortho intramolecular Hbond substituents is 1. The molecule has 3 aromatic carbocycles. The number of imidazole rings is 2. The summed E-state index contributed by atoms with van der Waals surface area (Å²) in [5, 5.41) is 11.0. The van der Waals surface area contributed by atoms with Gasteiger partial charge in [0.1, 0.15) is 30.7 Å². The zero-order valence-electron chi connectivity index (χ0n) is 24.0. The van der Waals surface area contributed by atoms with Crippen LogP contribution in [0.15, 0.2) is 84.1 Å². The number of aromatic nitrogens is 4. The summed E-state index contributed by atoms with van der Waals surface area (Å²) in [6.07, 6.45) is 0. The summed E-state index contributed by atoms with van der Waals surface area (Å²) in [6, 6.07) is 21.0. The molecule has 0 spiro atoms. The first-order valence-corrected chi connectivity index (χ1v) is 13.9. The maximum absolute atomic E-state index is 14.6. The van der Waals surface area contributed by atoms with Crippen LogP contribution in [0, 0.1) is 13.8 Å². The van der Waals surface area contributed by atoms with Crippen molar-refractivity contribution in [1.82, 2.24) is 28.9 Å². The molecule has 10 heteroatoms. The standard InChI is InChI=1S/C32H32N6O4/c1-5-42-31(40)29-20(2)35(18-36-21(3)33-24-13-7-9-15-26(24)36)32(41)38(30(29)23-12-6-11-17-28(23)39)19-37-22(4)34-25-14-8-10-16-27(25)37/h6-17,30,39H,5,18-19H2,1-4H3. The van der Waals surface area contributed by atoms with Crippen LogP contribution in [0.5, 0.6) is 5.75 Å². The Morgan fingerprint density at radius 3 is 1.98 bits per heavy atom. The first-order valence-electron chi connectivity index (χ1n) is 13.9. The molecule has 1 aliphatic heterocycles. The minimum atomic E-state index is -0.907. The first-order chi connectivity index (χ1) is 20.3. The molecule has 1 aliphatic rings. The Balaban J connectivity index is 1.55. The normalized spacial score (nSPS) is 15.7. The summed E-state index contributed by atoms with van der Waals surface area (Å²) < 4.78 is 9.45. The van der Waals surface area contributed by atoms with Gasteiger partial charge >= 0.3 is 12.0 Å². The summed E-state index contributed by atoms with van der Waals surface area (Å²) in [5.74, 6) is 0.879. The molecular weight excluding hydrogens is 532 g/mol. The van der Waals surface area contributed by atoms with Crippen molar-refractivity contribution in [1.29, 1.82) is 0 Å². The van der Waals surface area contributed by atoms with Crippen molar-refractivity contribution in [3.8, 4) is 5.75 Å². The third-order valence-electron chi connectivity index (χ3n) is 7.85. The predicted molar refractivity (Wildman–Crippen MR) is 158 cm³/mol. The number of esters is 1. The van der Waals surface area contributed by atoms with Crippen molar-refractivity contribution >= 4 is 34.1 Å². The average Bonchev–Trinajstić information content (AvgIpc) is 3.47. The molecule has 214 valence electrons. The fourth-order valence-corrected chi connectivity index (χ4v) is 5.77. The van der Waals surface area contributed by atoms with Gasteiger partial charge < -0.3 is 19.0 Å². The molecule has 0 fully saturated rings. The monoisotopic (exact) mass is 564 g/mol. The number of aromatic hydroxyl groups is 1. The quantitative estimate of drug-likeness (QED) is 0.257. The predicted octanol–water partition coefficient (Wildman–Crippen LogP) is 5.64. The van der Waals surface area contributed by atoms with Gasteiger partial charge in [0.05, 0.1) is 40.3 Å². The highest BCUT2D eigenvalue weighted by Gasteiger charge is 2.44. The van der Waals surface area contributed by atoms with Crippen molar-refractivity contribution in [3.05, 3.63) is 101 Å². The van der Waals surface area contributed by atoms with Gasteiger partial charge in [-0.1, -0.05) is 42.5 Å². The number of urea groups is 1. The lowest BCUT2D eigenvalue weighted by atomic mass is 9.92. The highest BCUT2D eigenvalue weighted by atomic mass is 16.5. The molecule has 10 nitrogen and oxygen atoms in total. The molecule has 2 aromatic heterocycles. The van der Waals surface area contributed by atoms with Crippen LogP contribution in [-0.4, -0.2) is 52.6 Å². The number of ether oxygens (including phenoxy) is 1. The minimum Gasteiger partial charge on any atom is -0.508 e. The van der Waals surface area contributed by atoms with Gasteiger partial charge in [0.25, 0.3) is 0 Å². The second-order valence-electron chi connectivity index (χ2n) is 10.3. The van der Waals surface area contributed by atoms with E-state index in [0.29, 0.717) is 17.1 Å². The Labute approximate surface area is 243 Å². The van der Waals surface area contributed by atoms with Crippen molar-refractivity contribution in [2.45, 2.75) is 47.1 Å². The van der Waals surface area contributed by atoms with Crippen LogP contribution in [0.1, 0.15) is 37.1 Å². The van der Waals surface area contributed by atoms with Gasteiger partial charge in [0.15, 0.2) is 0 Å². The van der Waals surface area contributed by atoms with E-state index in [0.717, 1.165) is 27.9 Å². The third kappa shape index (κ3) is 4.45. The van der Waals surface area contributed by atoms with Crippen LogP contribution in [0.4, 0.5) is 4.79 Å². The van der Waals surface area contributed by atoms with Crippen molar-refractivity contribution in [2.75, 3.05) is 6.61 Å². The maximum Gasteiger partial charge on any atom is 0.338 e. The number of aryl methyl sites for hydroxylation is 2. The van der Waals surface area contributed by atoms with E-state index >= 15 is 0 Å². The minimum absolute atomic E-state index is 0.0213. The number of amides is 2. The fourth-order valence-electron chi connectivity index (χ4n) is 5.77. The van der Waals surface area contributed by atoms with Gasteiger partial charge in [-0.2, -0.15) is 0 Å². The maximum atomic E-state index is 14.6.